The van der Waals surface area contributed by atoms with Crippen LogP contribution in [0.15, 0.2) is 65.6 Å². The fraction of sp³-hybridized carbons (Fsp3) is 0.148. The summed E-state index contributed by atoms with van der Waals surface area (Å²) in [5.41, 5.74) is 1.61. The van der Waals surface area contributed by atoms with Gasteiger partial charge in [-0.05, 0) is 72.3 Å². The number of hydrogen-bond acceptors (Lipinski definition) is 6. The van der Waals surface area contributed by atoms with Crippen molar-refractivity contribution in [1.82, 2.24) is 4.90 Å². The van der Waals surface area contributed by atoms with Gasteiger partial charge in [0.05, 0.1) is 27.2 Å². The summed E-state index contributed by atoms with van der Waals surface area (Å²) in [6.07, 6.45) is 1.50. The second kappa shape index (κ2) is 12.3. The van der Waals surface area contributed by atoms with Crippen LogP contribution in [-0.2, 0) is 16.2 Å². The molecule has 1 heterocycles. The van der Waals surface area contributed by atoms with Crippen molar-refractivity contribution in [3.63, 3.8) is 0 Å². The molecular weight excluding hydrogens is 554 g/mol. The van der Waals surface area contributed by atoms with E-state index >= 15 is 0 Å². The normalized spacial score (nSPS) is 14.2. The molecule has 0 aliphatic carbocycles. The third-order valence-corrected chi connectivity index (χ3v) is 6.77. The first-order valence-corrected chi connectivity index (χ1v) is 13.0. The SMILES string of the molecule is CCOc1cc(/C=C2/SC(=O)N(CC(=O)Nc3ccccc3Cl)C2=O)cc(Cl)c1OCc1ccc(F)cc1. The molecule has 3 aromatic carbocycles. The number of nitrogens with zero attached hydrogens (tertiary/aromatic N) is 1. The maximum absolute atomic E-state index is 13.2. The smallest absolute Gasteiger partial charge is 0.294 e. The van der Waals surface area contributed by atoms with Gasteiger partial charge in [0.15, 0.2) is 11.5 Å². The van der Waals surface area contributed by atoms with Crippen LogP contribution in [0.4, 0.5) is 14.9 Å². The number of carbonyl (C=O) groups excluding carboxylic acids is 3. The van der Waals surface area contributed by atoms with E-state index in [1.165, 1.54) is 18.2 Å². The molecule has 7 nitrogen and oxygen atoms in total. The zero-order valence-electron chi connectivity index (χ0n) is 20.0. The minimum absolute atomic E-state index is 0.124. The first-order valence-electron chi connectivity index (χ1n) is 11.4. The minimum atomic E-state index is -0.611. The summed E-state index contributed by atoms with van der Waals surface area (Å²) in [5, 5.41) is 2.57. The predicted octanol–water partition coefficient (Wildman–Crippen LogP) is 6.79. The van der Waals surface area contributed by atoms with Gasteiger partial charge in [-0.1, -0.05) is 47.5 Å². The number of anilines is 1. The number of nitrogens with one attached hydrogen (secondary N) is 1. The van der Waals surface area contributed by atoms with Gasteiger partial charge in [-0.2, -0.15) is 0 Å². The second-order valence-corrected chi connectivity index (χ2v) is 9.78. The number of halogens is 3. The fourth-order valence-corrected chi connectivity index (χ4v) is 4.79. The molecule has 1 aliphatic rings. The van der Waals surface area contributed by atoms with Gasteiger partial charge in [0, 0.05) is 0 Å². The van der Waals surface area contributed by atoms with Crippen LogP contribution in [0.5, 0.6) is 11.5 Å². The highest BCUT2D eigenvalue weighted by Gasteiger charge is 2.36. The first kappa shape index (κ1) is 27.5. The first-order chi connectivity index (χ1) is 18.2. The Balaban J connectivity index is 1.49. The highest BCUT2D eigenvalue weighted by atomic mass is 35.5. The van der Waals surface area contributed by atoms with Crippen LogP contribution in [0, 0.1) is 5.82 Å². The molecule has 38 heavy (non-hydrogen) atoms. The monoisotopic (exact) mass is 574 g/mol. The number of ether oxygens (including phenoxy) is 2. The third kappa shape index (κ3) is 6.66. The number of para-hydroxylation sites is 1. The molecule has 0 bridgehead atoms. The maximum atomic E-state index is 13.2. The molecule has 3 aromatic rings. The van der Waals surface area contributed by atoms with Crippen molar-refractivity contribution in [3.8, 4) is 11.5 Å². The van der Waals surface area contributed by atoms with Gasteiger partial charge >= 0.3 is 0 Å². The van der Waals surface area contributed by atoms with Gasteiger partial charge < -0.3 is 14.8 Å². The molecule has 1 aliphatic heterocycles. The van der Waals surface area contributed by atoms with Gasteiger partial charge in [-0.3, -0.25) is 19.3 Å². The summed E-state index contributed by atoms with van der Waals surface area (Å²) in [6, 6.07) is 15.7. The Morgan fingerprint density at radius 3 is 2.50 bits per heavy atom. The Bertz CT molecular complexity index is 1420. The summed E-state index contributed by atoms with van der Waals surface area (Å²) in [5.74, 6) is -0.895. The van der Waals surface area contributed by atoms with E-state index in [0.29, 0.717) is 46.1 Å². The van der Waals surface area contributed by atoms with E-state index in [4.69, 9.17) is 32.7 Å². The van der Waals surface area contributed by atoms with E-state index in [-0.39, 0.29) is 22.4 Å². The lowest BCUT2D eigenvalue weighted by Gasteiger charge is -2.15. The molecule has 0 aromatic heterocycles. The number of imide groups is 1. The highest BCUT2D eigenvalue weighted by Crippen LogP contribution is 2.39. The van der Waals surface area contributed by atoms with Gasteiger partial charge in [0.2, 0.25) is 5.91 Å². The highest BCUT2D eigenvalue weighted by molar-refractivity contribution is 8.18. The van der Waals surface area contributed by atoms with E-state index in [1.54, 1.807) is 55.5 Å². The molecule has 196 valence electrons. The van der Waals surface area contributed by atoms with Crippen LogP contribution in [0.2, 0.25) is 10.0 Å². The second-order valence-electron chi connectivity index (χ2n) is 7.97. The van der Waals surface area contributed by atoms with Crippen LogP contribution < -0.4 is 14.8 Å². The van der Waals surface area contributed by atoms with Crippen LogP contribution >= 0.6 is 35.0 Å². The molecule has 0 saturated carbocycles. The zero-order valence-corrected chi connectivity index (χ0v) is 22.3. The van der Waals surface area contributed by atoms with E-state index in [0.717, 1.165) is 10.5 Å². The summed E-state index contributed by atoms with van der Waals surface area (Å²) in [7, 11) is 0. The van der Waals surface area contributed by atoms with Crippen molar-refractivity contribution >= 4 is 63.8 Å². The van der Waals surface area contributed by atoms with Crippen LogP contribution in [0.25, 0.3) is 6.08 Å². The number of rotatable bonds is 9. The topological polar surface area (TPSA) is 84.9 Å². The Kier molecular flexibility index (Phi) is 8.93. The molecule has 3 amide bonds. The Morgan fingerprint density at radius 2 is 1.79 bits per heavy atom. The summed E-state index contributed by atoms with van der Waals surface area (Å²) in [6.45, 7) is 1.79. The van der Waals surface area contributed by atoms with Crippen molar-refractivity contribution in [2.45, 2.75) is 13.5 Å². The van der Waals surface area contributed by atoms with Crippen molar-refractivity contribution in [3.05, 3.63) is 92.6 Å². The van der Waals surface area contributed by atoms with Crippen molar-refractivity contribution in [2.75, 3.05) is 18.5 Å². The maximum Gasteiger partial charge on any atom is 0.294 e. The molecule has 1 saturated heterocycles. The lowest BCUT2D eigenvalue weighted by atomic mass is 10.1. The largest absolute Gasteiger partial charge is 0.490 e. The van der Waals surface area contributed by atoms with E-state index in [9.17, 15) is 18.8 Å². The number of amides is 3. The Labute approximate surface area is 232 Å². The van der Waals surface area contributed by atoms with Gasteiger partial charge in [-0.25, -0.2) is 4.39 Å². The summed E-state index contributed by atoms with van der Waals surface area (Å²) < 4.78 is 24.7. The Hall–Kier alpha value is -3.53. The minimum Gasteiger partial charge on any atom is -0.490 e. The van der Waals surface area contributed by atoms with Gasteiger partial charge in [0.1, 0.15) is 19.0 Å². The summed E-state index contributed by atoms with van der Waals surface area (Å²) in [4.78, 5) is 38.8. The molecule has 11 heteroatoms. The summed E-state index contributed by atoms with van der Waals surface area (Å²) >= 11 is 13.2. The van der Waals surface area contributed by atoms with E-state index < -0.39 is 23.6 Å². The molecule has 0 spiro atoms. The van der Waals surface area contributed by atoms with E-state index in [1.807, 2.05) is 0 Å². The predicted molar refractivity (Wildman–Crippen MR) is 146 cm³/mol. The van der Waals surface area contributed by atoms with Crippen LogP contribution in [0.1, 0.15) is 18.1 Å². The standard InChI is InChI=1S/C27H21Cl2FN2O5S/c1-2-36-22-12-17(11-20(29)25(22)37-15-16-7-9-18(30)10-8-16)13-23-26(34)32(27(35)38-23)14-24(33)31-21-6-4-3-5-19(21)28/h3-13H,2,14-15H2,1H3,(H,31,33)/b23-13+. The molecule has 1 fully saturated rings. The van der Waals surface area contributed by atoms with Crippen molar-refractivity contribution in [2.24, 2.45) is 0 Å². The zero-order chi connectivity index (χ0) is 27.2. The van der Waals surface area contributed by atoms with E-state index in [2.05, 4.69) is 5.32 Å². The number of carbonyl (C=O) groups is 3. The third-order valence-electron chi connectivity index (χ3n) is 5.25. The molecule has 4 rings (SSSR count). The average Bonchev–Trinajstić information content (AvgIpc) is 3.13. The Morgan fingerprint density at radius 1 is 1.05 bits per heavy atom. The number of benzene rings is 3. The number of hydrogen-bond donors (Lipinski definition) is 1. The quantitative estimate of drug-likeness (QED) is 0.283. The average molecular weight is 575 g/mol. The molecule has 1 N–H and O–H groups in total. The lowest BCUT2D eigenvalue weighted by Crippen LogP contribution is -2.36. The molecule has 0 unspecified atom stereocenters. The van der Waals surface area contributed by atoms with Crippen LogP contribution in [-0.4, -0.2) is 35.1 Å². The van der Waals surface area contributed by atoms with Gasteiger partial charge in [0.25, 0.3) is 11.1 Å². The van der Waals surface area contributed by atoms with Crippen molar-refractivity contribution < 1.29 is 28.2 Å². The lowest BCUT2D eigenvalue weighted by molar-refractivity contribution is -0.127. The molecule has 0 atom stereocenters. The fourth-order valence-electron chi connectivity index (χ4n) is 3.49. The molecule has 0 radical (unpaired) electrons. The van der Waals surface area contributed by atoms with Crippen molar-refractivity contribution in [1.29, 1.82) is 0 Å². The van der Waals surface area contributed by atoms with Gasteiger partial charge in [-0.15, -0.1) is 0 Å². The number of thioether (sulfide) groups is 1. The molecular formula is C27H21Cl2FN2O5S. The van der Waals surface area contributed by atoms with Crippen LogP contribution in [0.3, 0.4) is 0 Å².